The first-order chi connectivity index (χ1) is 11.8. The number of para-hydroxylation sites is 1. The molecule has 5 nitrogen and oxygen atoms in total. The Hall–Kier alpha value is -2.69. The summed E-state index contributed by atoms with van der Waals surface area (Å²) >= 11 is 0. The van der Waals surface area contributed by atoms with Crippen LogP contribution in [0.15, 0.2) is 48.5 Å². The van der Waals surface area contributed by atoms with E-state index in [1.165, 1.54) is 12.8 Å². The third-order valence-electron chi connectivity index (χ3n) is 4.47. The minimum atomic E-state index is -0.186. The maximum Gasteiger partial charge on any atom is 0.262 e. The molecule has 5 heteroatoms. The van der Waals surface area contributed by atoms with Crippen molar-refractivity contribution < 1.29 is 14.3 Å². The van der Waals surface area contributed by atoms with Gasteiger partial charge >= 0.3 is 0 Å². The van der Waals surface area contributed by atoms with Crippen molar-refractivity contribution >= 4 is 17.3 Å². The van der Waals surface area contributed by atoms with Gasteiger partial charge in [0.2, 0.25) is 0 Å². The number of anilines is 2. The van der Waals surface area contributed by atoms with E-state index in [-0.39, 0.29) is 12.5 Å². The Balaban J connectivity index is 1.39. The van der Waals surface area contributed by atoms with Crippen molar-refractivity contribution in [2.24, 2.45) is 0 Å². The number of nitrogens with zero attached hydrogens (tertiary/aromatic N) is 1. The fourth-order valence-electron chi connectivity index (χ4n) is 3.32. The van der Waals surface area contributed by atoms with Gasteiger partial charge in [-0.15, -0.1) is 0 Å². The Bertz CT molecular complexity index is 733. The molecule has 2 aliphatic heterocycles. The zero-order chi connectivity index (χ0) is 16.4. The standard InChI is InChI=1S/C19H20N2O3/c22-19(13-23-16-6-2-1-3-7-16)20-14-8-9-17-18(11-14)24-12-15-5-4-10-21(15)17/h1-3,6-9,11,15H,4-5,10,12-13H2,(H,20,22)/t15-/m0/s1. The van der Waals surface area contributed by atoms with Crippen LogP contribution in [0.2, 0.25) is 0 Å². The van der Waals surface area contributed by atoms with Crippen molar-refractivity contribution in [2.75, 3.05) is 30.0 Å². The van der Waals surface area contributed by atoms with Gasteiger partial charge in [-0.25, -0.2) is 0 Å². The highest BCUT2D eigenvalue weighted by Gasteiger charge is 2.31. The van der Waals surface area contributed by atoms with Crippen LogP contribution in [0.5, 0.6) is 11.5 Å². The molecule has 2 aromatic rings. The predicted octanol–water partition coefficient (Wildman–Crippen LogP) is 3.07. The number of carbonyl (C=O) groups excluding carboxylic acids is 1. The number of carbonyl (C=O) groups is 1. The smallest absolute Gasteiger partial charge is 0.262 e. The second-order valence-corrected chi connectivity index (χ2v) is 6.13. The Kier molecular flexibility index (Phi) is 3.99. The average Bonchev–Trinajstić information content (AvgIpc) is 3.10. The minimum absolute atomic E-state index is 0.0177. The van der Waals surface area contributed by atoms with Crippen LogP contribution < -0.4 is 19.7 Å². The fourth-order valence-corrected chi connectivity index (χ4v) is 3.32. The number of hydrogen-bond acceptors (Lipinski definition) is 4. The number of benzene rings is 2. The minimum Gasteiger partial charge on any atom is -0.489 e. The number of ether oxygens (including phenoxy) is 2. The van der Waals surface area contributed by atoms with Crippen LogP contribution in [0, 0.1) is 0 Å². The molecular formula is C19H20N2O3. The molecule has 1 atom stereocenters. The lowest BCUT2D eigenvalue weighted by Gasteiger charge is -2.33. The summed E-state index contributed by atoms with van der Waals surface area (Å²) in [5.74, 6) is 1.34. The quantitative estimate of drug-likeness (QED) is 0.939. The topological polar surface area (TPSA) is 50.8 Å². The third-order valence-corrected chi connectivity index (χ3v) is 4.47. The largest absolute Gasteiger partial charge is 0.489 e. The molecule has 1 amide bonds. The van der Waals surface area contributed by atoms with E-state index in [0.29, 0.717) is 11.8 Å². The van der Waals surface area contributed by atoms with E-state index in [0.717, 1.165) is 30.3 Å². The van der Waals surface area contributed by atoms with Gasteiger partial charge in [0.1, 0.15) is 18.1 Å². The molecule has 0 unspecified atom stereocenters. The second kappa shape index (κ2) is 6.43. The lowest BCUT2D eigenvalue weighted by molar-refractivity contribution is -0.118. The summed E-state index contributed by atoms with van der Waals surface area (Å²) in [7, 11) is 0. The lowest BCUT2D eigenvalue weighted by atomic mass is 10.1. The Morgan fingerprint density at radius 1 is 1.25 bits per heavy atom. The summed E-state index contributed by atoms with van der Waals surface area (Å²) in [6.45, 7) is 1.79. The Labute approximate surface area is 141 Å². The van der Waals surface area contributed by atoms with E-state index >= 15 is 0 Å². The van der Waals surface area contributed by atoms with Crippen molar-refractivity contribution in [3.63, 3.8) is 0 Å². The van der Waals surface area contributed by atoms with Gasteiger partial charge in [0.05, 0.1) is 11.7 Å². The number of rotatable bonds is 4. The van der Waals surface area contributed by atoms with E-state index in [4.69, 9.17) is 9.47 Å². The summed E-state index contributed by atoms with van der Waals surface area (Å²) in [5.41, 5.74) is 1.86. The van der Waals surface area contributed by atoms with E-state index in [1.54, 1.807) is 0 Å². The molecule has 1 fully saturated rings. The van der Waals surface area contributed by atoms with Crippen LogP contribution in [-0.4, -0.2) is 31.7 Å². The van der Waals surface area contributed by atoms with Crippen LogP contribution in [0.1, 0.15) is 12.8 Å². The molecule has 124 valence electrons. The van der Waals surface area contributed by atoms with Crippen LogP contribution in [0.3, 0.4) is 0 Å². The molecule has 4 rings (SSSR count). The highest BCUT2D eigenvalue weighted by atomic mass is 16.5. The number of fused-ring (bicyclic) bond motifs is 3. The molecule has 2 aliphatic rings. The first-order valence-corrected chi connectivity index (χ1v) is 8.31. The maximum atomic E-state index is 12.0. The maximum absolute atomic E-state index is 12.0. The van der Waals surface area contributed by atoms with E-state index in [1.807, 2.05) is 48.5 Å². The molecule has 0 aromatic heterocycles. The highest BCUT2D eigenvalue weighted by molar-refractivity contribution is 5.92. The number of hydrogen-bond donors (Lipinski definition) is 1. The van der Waals surface area contributed by atoms with Crippen molar-refractivity contribution in [3.05, 3.63) is 48.5 Å². The van der Waals surface area contributed by atoms with Crippen molar-refractivity contribution in [3.8, 4) is 11.5 Å². The van der Waals surface area contributed by atoms with Crippen LogP contribution in [-0.2, 0) is 4.79 Å². The summed E-state index contributed by atoms with van der Waals surface area (Å²) in [6, 6.07) is 15.6. The Morgan fingerprint density at radius 3 is 3.00 bits per heavy atom. The van der Waals surface area contributed by atoms with Crippen molar-refractivity contribution in [1.82, 2.24) is 0 Å². The first-order valence-electron chi connectivity index (χ1n) is 8.31. The molecule has 2 aromatic carbocycles. The van der Waals surface area contributed by atoms with E-state index in [2.05, 4.69) is 10.2 Å². The normalized spacial score (nSPS) is 18.3. The summed E-state index contributed by atoms with van der Waals surface area (Å²) in [4.78, 5) is 14.5. The predicted molar refractivity (Wildman–Crippen MR) is 92.9 cm³/mol. The summed E-state index contributed by atoms with van der Waals surface area (Å²) in [5, 5.41) is 2.86. The molecule has 24 heavy (non-hydrogen) atoms. The van der Waals surface area contributed by atoms with Gasteiger partial charge < -0.3 is 19.7 Å². The van der Waals surface area contributed by atoms with Crippen LogP contribution in [0.4, 0.5) is 11.4 Å². The molecular weight excluding hydrogens is 304 g/mol. The highest BCUT2D eigenvalue weighted by Crippen LogP contribution is 2.39. The molecule has 0 radical (unpaired) electrons. The summed E-state index contributed by atoms with van der Waals surface area (Å²) in [6.07, 6.45) is 2.40. The molecule has 0 bridgehead atoms. The molecule has 0 aliphatic carbocycles. The van der Waals surface area contributed by atoms with Gasteiger partial charge in [-0.05, 0) is 37.1 Å². The molecule has 1 N–H and O–H groups in total. The Morgan fingerprint density at radius 2 is 2.12 bits per heavy atom. The van der Waals surface area contributed by atoms with Crippen molar-refractivity contribution in [1.29, 1.82) is 0 Å². The van der Waals surface area contributed by atoms with E-state index in [9.17, 15) is 4.79 Å². The monoisotopic (exact) mass is 324 g/mol. The van der Waals surface area contributed by atoms with Gasteiger partial charge in [0, 0.05) is 18.3 Å². The second-order valence-electron chi connectivity index (χ2n) is 6.13. The molecule has 2 heterocycles. The zero-order valence-corrected chi connectivity index (χ0v) is 13.4. The third kappa shape index (κ3) is 3.02. The molecule has 1 saturated heterocycles. The SMILES string of the molecule is O=C(COc1ccccc1)Nc1ccc2c(c1)OC[C@@H]1CCCN21. The average molecular weight is 324 g/mol. The lowest BCUT2D eigenvalue weighted by Crippen LogP contribution is -2.38. The van der Waals surface area contributed by atoms with E-state index < -0.39 is 0 Å². The van der Waals surface area contributed by atoms with Crippen LogP contribution in [0.25, 0.3) is 0 Å². The summed E-state index contributed by atoms with van der Waals surface area (Å²) < 4.78 is 11.3. The van der Waals surface area contributed by atoms with Gasteiger partial charge in [-0.3, -0.25) is 4.79 Å². The fraction of sp³-hybridized carbons (Fsp3) is 0.316. The molecule has 0 spiro atoms. The number of amides is 1. The van der Waals surface area contributed by atoms with Gasteiger partial charge in [-0.1, -0.05) is 18.2 Å². The van der Waals surface area contributed by atoms with Gasteiger partial charge in [0.25, 0.3) is 5.91 Å². The van der Waals surface area contributed by atoms with Gasteiger partial charge in [-0.2, -0.15) is 0 Å². The molecule has 0 saturated carbocycles. The van der Waals surface area contributed by atoms with Gasteiger partial charge in [0.15, 0.2) is 6.61 Å². The van der Waals surface area contributed by atoms with Crippen molar-refractivity contribution in [2.45, 2.75) is 18.9 Å². The van der Waals surface area contributed by atoms with Crippen LogP contribution >= 0.6 is 0 Å². The zero-order valence-electron chi connectivity index (χ0n) is 13.4. The first kappa shape index (κ1) is 14.9. The number of nitrogens with one attached hydrogen (secondary N) is 1.